The third kappa shape index (κ3) is 7.72. The first-order valence-corrected chi connectivity index (χ1v) is 13.0. The lowest BCUT2D eigenvalue weighted by Crippen LogP contribution is -2.34. The van der Waals surface area contributed by atoms with Gasteiger partial charge in [-0.05, 0) is 87.3 Å². The van der Waals surface area contributed by atoms with Gasteiger partial charge in [0.15, 0.2) is 0 Å². The Kier molecular flexibility index (Phi) is 12.0. The highest BCUT2D eigenvalue weighted by Crippen LogP contribution is 2.22. The van der Waals surface area contributed by atoms with Gasteiger partial charge in [0.05, 0.1) is 0 Å². The number of nitrogens with zero attached hydrogens (tertiary/aromatic N) is 1. The van der Waals surface area contributed by atoms with Crippen molar-refractivity contribution in [1.29, 1.82) is 0 Å². The third-order valence-electron chi connectivity index (χ3n) is 6.72. The van der Waals surface area contributed by atoms with Gasteiger partial charge in [0.25, 0.3) is 0 Å². The average molecular weight is 438 g/mol. The SMILES string of the molecule is CC.CC.CN1CCCC1CCNC1Cc2ccccc2C1.NC1Cc2ccccc2C1. The number of hydrogen-bond donors (Lipinski definition) is 2. The van der Waals surface area contributed by atoms with Crippen LogP contribution in [-0.4, -0.2) is 43.2 Å². The Labute approximate surface area is 197 Å². The minimum atomic E-state index is 0.373. The fourth-order valence-corrected chi connectivity index (χ4v) is 5.09. The predicted molar refractivity (Wildman–Crippen MR) is 140 cm³/mol. The summed E-state index contributed by atoms with van der Waals surface area (Å²) in [5.41, 5.74) is 11.8. The fraction of sp³-hybridized carbons (Fsp3) is 0.586. The van der Waals surface area contributed by atoms with Crippen LogP contribution in [0, 0.1) is 0 Å². The van der Waals surface area contributed by atoms with Crippen molar-refractivity contribution in [1.82, 2.24) is 10.2 Å². The van der Waals surface area contributed by atoms with Crippen LogP contribution in [0.2, 0.25) is 0 Å². The Morgan fingerprint density at radius 1 is 0.812 bits per heavy atom. The van der Waals surface area contributed by atoms with Gasteiger partial charge in [-0.3, -0.25) is 0 Å². The smallest absolute Gasteiger partial charge is 0.0148 e. The molecule has 32 heavy (non-hydrogen) atoms. The van der Waals surface area contributed by atoms with E-state index in [2.05, 4.69) is 65.8 Å². The molecule has 5 rings (SSSR count). The zero-order valence-corrected chi connectivity index (χ0v) is 21.2. The molecular weight excluding hydrogens is 390 g/mol. The van der Waals surface area contributed by atoms with Crippen molar-refractivity contribution in [2.24, 2.45) is 5.73 Å². The maximum Gasteiger partial charge on any atom is 0.0148 e. The molecule has 1 aliphatic heterocycles. The van der Waals surface area contributed by atoms with E-state index in [1.807, 2.05) is 27.7 Å². The second-order valence-corrected chi connectivity index (χ2v) is 8.83. The Bertz CT molecular complexity index is 723. The van der Waals surface area contributed by atoms with Gasteiger partial charge in [-0.2, -0.15) is 0 Å². The van der Waals surface area contributed by atoms with E-state index in [4.69, 9.17) is 5.73 Å². The van der Waals surface area contributed by atoms with Crippen molar-refractivity contribution < 1.29 is 0 Å². The van der Waals surface area contributed by atoms with Gasteiger partial charge in [0, 0.05) is 18.1 Å². The molecule has 3 aliphatic rings. The molecule has 2 aromatic rings. The van der Waals surface area contributed by atoms with Crippen LogP contribution in [0.25, 0.3) is 0 Å². The van der Waals surface area contributed by atoms with E-state index in [0.29, 0.717) is 12.1 Å². The van der Waals surface area contributed by atoms with Crippen molar-refractivity contribution in [3.63, 3.8) is 0 Å². The quantitative estimate of drug-likeness (QED) is 0.673. The van der Waals surface area contributed by atoms with Gasteiger partial charge in [-0.1, -0.05) is 76.2 Å². The van der Waals surface area contributed by atoms with Crippen LogP contribution in [0.3, 0.4) is 0 Å². The Balaban J connectivity index is 0.000000219. The largest absolute Gasteiger partial charge is 0.327 e. The van der Waals surface area contributed by atoms with Gasteiger partial charge < -0.3 is 16.0 Å². The highest BCUT2D eigenvalue weighted by Gasteiger charge is 2.23. The lowest BCUT2D eigenvalue weighted by molar-refractivity contribution is 0.290. The number of nitrogens with one attached hydrogen (secondary N) is 1. The molecule has 1 heterocycles. The zero-order chi connectivity index (χ0) is 23.3. The molecule has 178 valence electrons. The van der Waals surface area contributed by atoms with E-state index in [0.717, 1.165) is 18.9 Å². The first-order valence-electron chi connectivity index (χ1n) is 13.0. The summed E-state index contributed by atoms with van der Waals surface area (Å²) < 4.78 is 0. The van der Waals surface area contributed by atoms with Crippen LogP contribution in [0.4, 0.5) is 0 Å². The van der Waals surface area contributed by atoms with E-state index in [1.165, 1.54) is 56.3 Å². The number of nitrogens with two attached hydrogens (primary N) is 1. The molecule has 0 saturated carbocycles. The van der Waals surface area contributed by atoms with E-state index in [9.17, 15) is 0 Å². The van der Waals surface area contributed by atoms with Crippen molar-refractivity contribution in [3.05, 3.63) is 70.8 Å². The summed E-state index contributed by atoms with van der Waals surface area (Å²) in [6.45, 7) is 10.5. The summed E-state index contributed by atoms with van der Waals surface area (Å²) in [5.74, 6) is 0. The molecule has 3 N–H and O–H groups in total. The Morgan fingerprint density at radius 2 is 1.28 bits per heavy atom. The summed E-state index contributed by atoms with van der Waals surface area (Å²) in [6.07, 6.45) is 8.65. The summed E-state index contributed by atoms with van der Waals surface area (Å²) in [7, 11) is 2.27. The first-order chi connectivity index (χ1) is 15.7. The van der Waals surface area contributed by atoms with Gasteiger partial charge in [0.1, 0.15) is 0 Å². The summed E-state index contributed by atoms with van der Waals surface area (Å²) in [4.78, 5) is 2.52. The summed E-state index contributed by atoms with van der Waals surface area (Å²) >= 11 is 0. The molecule has 3 nitrogen and oxygen atoms in total. The third-order valence-corrected chi connectivity index (χ3v) is 6.72. The number of benzene rings is 2. The normalized spacial score (nSPS) is 19.6. The molecule has 0 bridgehead atoms. The van der Waals surface area contributed by atoms with Crippen LogP contribution >= 0.6 is 0 Å². The standard InChI is InChI=1S/C16H24N2.C9H11N.2C2H6/c1-18-10-4-7-16(18)8-9-17-15-11-13-5-2-3-6-14(13)12-15;10-9-5-7-3-1-2-4-8(7)6-9;2*1-2/h2-3,5-6,15-17H,4,7-12H2,1H3;1-4,9H,5-6,10H2;2*1-2H3. The lowest BCUT2D eigenvalue weighted by atomic mass is 10.1. The Hall–Kier alpha value is -1.68. The molecule has 1 unspecified atom stereocenters. The van der Waals surface area contributed by atoms with E-state index >= 15 is 0 Å². The highest BCUT2D eigenvalue weighted by molar-refractivity contribution is 5.33. The van der Waals surface area contributed by atoms with Crippen LogP contribution in [0.1, 0.15) is 69.2 Å². The van der Waals surface area contributed by atoms with Gasteiger partial charge >= 0.3 is 0 Å². The molecule has 1 fully saturated rings. The molecule has 3 heteroatoms. The molecule has 2 aromatic carbocycles. The minimum absolute atomic E-state index is 0.373. The molecule has 1 saturated heterocycles. The molecule has 1 atom stereocenters. The number of likely N-dealkylation sites (tertiary alicyclic amines) is 1. The fourth-order valence-electron chi connectivity index (χ4n) is 5.09. The lowest BCUT2D eigenvalue weighted by Gasteiger charge is -2.20. The highest BCUT2D eigenvalue weighted by atomic mass is 15.1. The monoisotopic (exact) mass is 437 g/mol. The van der Waals surface area contributed by atoms with Crippen LogP contribution in [-0.2, 0) is 25.7 Å². The van der Waals surface area contributed by atoms with E-state index < -0.39 is 0 Å². The number of rotatable bonds is 4. The summed E-state index contributed by atoms with van der Waals surface area (Å²) in [5, 5.41) is 3.75. The maximum atomic E-state index is 5.78. The van der Waals surface area contributed by atoms with Gasteiger partial charge in [-0.25, -0.2) is 0 Å². The minimum Gasteiger partial charge on any atom is -0.327 e. The second-order valence-electron chi connectivity index (χ2n) is 8.83. The molecule has 0 spiro atoms. The van der Waals surface area contributed by atoms with Gasteiger partial charge in [-0.15, -0.1) is 0 Å². The van der Waals surface area contributed by atoms with E-state index in [1.54, 1.807) is 11.1 Å². The second kappa shape index (κ2) is 14.5. The average Bonchev–Trinajstić information content (AvgIpc) is 3.54. The molecular formula is C29H47N3. The first kappa shape index (κ1) is 26.6. The van der Waals surface area contributed by atoms with Crippen LogP contribution < -0.4 is 11.1 Å². The maximum absolute atomic E-state index is 5.78. The van der Waals surface area contributed by atoms with Crippen LogP contribution in [0.5, 0.6) is 0 Å². The van der Waals surface area contributed by atoms with Crippen molar-refractivity contribution >= 4 is 0 Å². The van der Waals surface area contributed by atoms with Crippen LogP contribution in [0.15, 0.2) is 48.5 Å². The molecule has 0 aromatic heterocycles. The topological polar surface area (TPSA) is 41.3 Å². The van der Waals surface area contributed by atoms with Crippen molar-refractivity contribution in [2.45, 2.75) is 90.8 Å². The number of fused-ring (bicyclic) bond motifs is 2. The predicted octanol–water partition coefficient (Wildman–Crippen LogP) is 5.39. The van der Waals surface area contributed by atoms with Crippen molar-refractivity contribution in [3.8, 4) is 0 Å². The molecule has 0 amide bonds. The number of hydrogen-bond acceptors (Lipinski definition) is 3. The molecule has 2 aliphatic carbocycles. The van der Waals surface area contributed by atoms with Gasteiger partial charge in [0.2, 0.25) is 0 Å². The zero-order valence-electron chi connectivity index (χ0n) is 21.2. The molecule has 0 radical (unpaired) electrons. The summed E-state index contributed by atoms with van der Waals surface area (Å²) in [6, 6.07) is 19.2. The van der Waals surface area contributed by atoms with E-state index in [-0.39, 0.29) is 0 Å². The Morgan fingerprint density at radius 3 is 1.72 bits per heavy atom. The van der Waals surface area contributed by atoms with Crippen molar-refractivity contribution in [2.75, 3.05) is 20.1 Å².